The number of ether oxygens (including phenoxy) is 9. The normalized spacial score (nSPS) is 18.4. The van der Waals surface area contributed by atoms with E-state index in [1.165, 1.54) is 0 Å². The third-order valence-electron chi connectivity index (χ3n) is 8.77. The van der Waals surface area contributed by atoms with Crippen LogP contribution in [0.1, 0.15) is 90.4 Å². The Balaban J connectivity index is 5.04. The van der Waals surface area contributed by atoms with Crippen LogP contribution in [0.5, 0.6) is 0 Å². The fraction of sp³-hybridized carbons (Fsp3) is 0.941. The molecular weight excluding hydrogens is 552 g/mol. The second-order valence-electron chi connectivity index (χ2n) is 11.6. The van der Waals surface area contributed by atoms with Gasteiger partial charge in [0.15, 0.2) is 0 Å². The molecule has 0 fully saturated rings. The summed E-state index contributed by atoms with van der Waals surface area (Å²) in [6.45, 7) is 6.03. The SMILES string of the molecule is C=CC[C@@H](C[C@@H](C[C@@H](C[C@@H](C[C@@H](C[C@@H](C[C@@H](C[C@@H](CCC[C@@H](CCC)OC)OC)OC)OC)OC)OC)OC)OC)OC. The van der Waals surface area contributed by atoms with Crippen molar-refractivity contribution in [2.45, 2.75) is 145 Å². The van der Waals surface area contributed by atoms with Crippen LogP contribution >= 0.6 is 0 Å². The van der Waals surface area contributed by atoms with Crippen molar-refractivity contribution in [3.63, 3.8) is 0 Å². The largest absolute Gasteiger partial charge is 0.381 e. The summed E-state index contributed by atoms with van der Waals surface area (Å²) < 4.78 is 52.3. The molecule has 0 N–H and O–H groups in total. The van der Waals surface area contributed by atoms with E-state index >= 15 is 0 Å². The molecule has 0 aliphatic carbocycles. The summed E-state index contributed by atoms with van der Waals surface area (Å²) in [7, 11) is 15.8. The standard InChI is InChI=1S/C34H68O9/c1-12-15-26(35-3)17-14-18-28(37-5)20-30(39-7)22-32(41-9)24-34(43-11)25-33(42-10)23-31(40-8)21-29(38-6)19-27(36-4)16-13-2/h13,26-34H,2,12,14-25H2,1,3-11H3/t26-,27+,28-,29+,30-,31+,32-,33+,34-/m1/s1. The molecule has 0 aromatic heterocycles. The summed E-state index contributed by atoms with van der Waals surface area (Å²) in [5.74, 6) is 0. The molecular formula is C34H68O9. The molecule has 0 radical (unpaired) electrons. The van der Waals surface area contributed by atoms with Crippen LogP contribution in [0.4, 0.5) is 0 Å². The Labute approximate surface area is 264 Å². The molecule has 0 rings (SSSR count). The van der Waals surface area contributed by atoms with Gasteiger partial charge in [-0.2, -0.15) is 0 Å². The average Bonchev–Trinajstić information content (AvgIpc) is 3.03. The van der Waals surface area contributed by atoms with Crippen molar-refractivity contribution in [2.24, 2.45) is 0 Å². The Morgan fingerprint density at radius 1 is 0.395 bits per heavy atom. The zero-order chi connectivity index (χ0) is 32.5. The van der Waals surface area contributed by atoms with Gasteiger partial charge in [0.25, 0.3) is 0 Å². The highest BCUT2D eigenvalue weighted by atomic mass is 16.5. The van der Waals surface area contributed by atoms with Gasteiger partial charge < -0.3 is 42.6 Å². The predicted molar refractivity (Wildman–Crippen MR) is 173 cm³/mol. The number of methoxy groups -OCH3 is 9. The average molecular weight is 621 g/mol. The predicted octanol–water partition coefficient (Wildman–Crippen LogP) is 6.40. The molecule has 0 aliphatic heterocycles. The molecule has 0 aromatic rings. The maximum atomic E-state index is 5.92. The molecule has 0 aliphatic rings. The third-order valence-corrected chi connectivity index (χ3v) is 8.77. The minimum absolute atomic E-state index is 0.0146. The van der Waals surface area contributed by atoms with Crippen molar-refractivity contribution in [2.75, 3.05) is 64.0 Å². The van der Waals surface area contributed by atoms with Crippen molar-refractivity contribution in [1.82, 2.24) is 0 Å². The van der Waals surface area contributed by atoms with Crippen LogP contribution in [-0.4, -0.2) is 119 Å². The molecule has 9 atom stereocenters. The summed E-state index contributed by atoms with van der Waals surface area (Å²) in [6, 6.07) is 0. The Hall–Kier alpha value is -0.620. The second kappa shape index (κ2) is 27.7. The molecule has 0 unspecified atom stereocenters. The van der Waals surface area contributed by atoms with Gasteiger partial charge in [-0.15, -0.1) is 6.58 Å². The van der Waals surface area contributed by atoms with Crippen LogP contribution in [0, 0.1) is 0 Å². The van der Waals surface area contributed by atoms with Gasteiger partial charge in [0, 0.05) is 70.4 Å². The lowest BCUT2D eigenvalue weighted by Gasteiger charge is -2.30. The van der Waals surface area contributed by atoms with E-state index in [2.05, 4.69) is 13.5 Å². The van der Waals surface area contributed by atoms with Crippen molar-refractivity contribution in [1.29, 1.82) is 0 Å². The minimum atomic E-state index is -0.0314. The van der Waals surface area contributed by atoms with E-state index in [0.29, 0.717) is 6.10 Å². The highest BCUT2D eigenvalue weighted by Gasteiger charge is 2.28. The van der Waals surface area contributed by atoms with Crippen LogP contribution < -0.4 is 0 Å². The van der Waals surface area contributed by atoms with Crippen LogP contribution in [0.3, 0.4) is 0 Å². The molecule has 0 amide bonds. The van der Waals surface area contributed by atoms with E-state index in [4.69, 9.17) is 42.6 Å². The maximum absolute atomic E-state index is 5.92. The lowest BCUT2D eigenvalue weighted by atomic mass is 9.94. The summed E-state index contributed by atoms with van der Waals surface area (Å²) in [5, 5.41) is 0. The quantitative estimate of drug-likeness (QED) is 0.0818. The van der Waals surface area contributed by atoms with Gasteiger partial charge >= 0.3 is 0 Å². The Bertz CT molecular complexity index is 623. The lowest BCUT2D eigenvalue weighted by molar-refractivity contribution is -0.0564. The van der Waals surface area contributed by atoms with Crippen molar-refractivity contribution < 1.29 is 42.6 Å². The van der Waals surface area contributed by atoms with E-state index in [-0.39, 0.29) is 48.8 Å². The Morgan fingerprint density at radius 2 is 0.674 bits per heavy atom. The number of hydrogen-bond acceptors (Lipinski definition) is 9. The molecule has 258 valence electrons. The summed E-state index contributed by atoms with van der Waals surface area (Å²) >= 11 is 0. The lowest BCUT2D eigenvalue weighted by Crippen LogP contribution is -2.33. The first-order valence-corrected chi connectivity index (χ1v) is 16.2. The first-order chi connectivity index (χ1) is 20.8. The van der Waals surface area contributed by atoms with Crippen molar-refractivity contribution in [3.05, 3.63) is 12.7 Å². The van der Waals surface area contributed by atoms with Crippen LogP contribution in [0.2, 0.25) is 0 Å². The number of hydrogen-bond donors (Lipinski definition) is 0. The topological polar surface area (TPSA) is 83.1 Å². The van der Waals surface area contributed by atoms with Gasteiger partial charge in [-0.3, -0.25) is 0 Å². The van der Waals surface area contributed by atoms with E-state index in [9.17, 15) is 0 Å². The summed E-state index contributed by atoms with van der Waals surface area (Å²) in [4.78, 5) is 0. The monoisotopic (exact) mass is 620 g/mol. The fourth-order valence-electron chi connectivity index (χ4n) is 5.87. The molecule has 0 aromatic carbocycles. The fourth-order valence-corrected chi connectivity index (χ4v) is 5.87. The Kier molecular flexibility index (Phi) is 27.3. The van der Waals surface area contributed by atoms with E-state index < -0.39 is 0 Å². The van der Waals surface area contributed by atoms with Crippen LogP contribution in [0.15, 0.2) is 12.7 Å². The third kappa shape index (κ3) is 19.5. The molecule has 0 spiro atoms. The van der Waals surface area contributed by atoms with E-state index in [1.54, 1.807) is 64.0 Å². The first-order valence-electron chi connectivity index (χ1n) is 16.2. The first kappa shape index (κ1) is 42.4. The van der Waals surface area contributed by atoms with Gasteiger partial charge in [-0.25, -0.2) is 0 Å². The smallest absolute Gasteiger partial charge is 0.0630 e. The maximum Gasteiger partial charge on any atom is 0.0630 e. The van der Waals surface area contributed by atoms with Gasteiger partial charge in [0.1, 0.15) is 0 Å². The molecule has 9 nitrogen and oxygen atoms in total. The zero-order valence-electron chi connectivity index (χ0n) is 29.3. The van der Waals surface area contributed by atoms with Crippen molar-refractivity contribution in [3.8, 4) is 0 Å². The molecule has 0 saturated heterocycles. The molecule has 0 heterocycles. The zero-order valence-corrected chi connectivity index (χ0v) is 29.3. The van der Waals surface area contributed by atoms with Crippen LogP contribution in [-0.2, 0) is 42.6 Å². The van der Waals surface area contributed by atoms with Crippen molar-refractivity contribution >= 4 is 0 Å². The number of rotatable bonds is 31. The van der Waals surface area contributed by atoms with Gasteiger partial charge in [0.2, 0.25) is 0 Å². The Morgan fingerprint density at radius 3 is 0.953 bits per heavy atom. The molecule has 0 bridgehead atoms. The van der Waals surface area contributed by atoms with Gasteiger partial charge in [0.05, 0.1) is 54.9 Å². The summed E-state index contributed by atoms with van der Waals surface area (Å²) in [5.41, 5.74) is 0. The molecule has 0 saturated carbocycles. The van der Waals surface area contributed by atoms with Gasteiger partial charge in [-0.1, -0.05) is 19.4 Å². The summed E-state index contributed by atoms with van der Waals surface area (Å²) in [6.07, 6.45) is 13.8. The minimum Gasteiger partial charge on any atom is -0.381 e. The van der Waals surface area contributed by atoms with Crippen LogP contribution in [0.25, 0.3) is 0 Å². The van der Waals surface area contributed by atoms with E-state index in [1.807, 2.05) is 6.08 Å². The highest BCUT2D eigenvalue weighted by molar-refractivity contribution is 4.81. The van der Waals surface area contributed by atoms with Gasteiger partial charge in [-0.05, 0) is 70.6 Å². The molecule has 43 heavy (non-hydrogen) atoms. The highest BCUT2D eigenvalue weighted by Crippen LogP contribution is 2.25. The second-order valence-corrected chi connectivity index (χ2v) is 11.6. The molecule has 9 heteroatoms. The van der Waals surface area contributed by atoms with E-state index in [0.717, 1.165) is 83.5 Å².